The van der Waals surface area contributed by atoms with Crippen LogP contribution in [0.5, 0.6) is 0 Å². The Labute approximate surface area is 127 Å². The molecule has 21 heavy (non-hydrogen) atoms. The van der Waals surface area contributed by atoms with E-state index in [9.17, 15) is 13.2 Å². The Kier molecular flexibility index (Phi) is 4.50. The molecule has 7 nitrogen and oxygen atoms in total. The van der Waals surface area contributed by atoms with Crippen LogP contribution in [0.4, 0.5) is 5.69 Å². The molecule has 0 bridgehead atoms. The first-order chi connectivity index (χ1) is 9.81. The van der Waals surface area contributed by atoms with Crippen molar-refractivity contribution in [2.45, 2.75) is 19.8 Å². The van der Waals surface area contributed by atoms with Gasteiger partial charge in [0.05, 0.1) is 11.4 Å². The van der Waals surface area contributed by atoms with Crippen LogP contribution < -0.4 is 4.90 Å². The van der Waals surface area contributed by atoms with Crippen LogP contribution in [-0.2, 0) is 19.5 Å². The smallest absolute Gasteiger partial charge is 0.311 e. The molecule has 1 aliphatic heterocycles. The molecule has 0 aromatic heterocycles. The molecule has 0 unspecified atom stereocenters. The molecule has 0 fully saturated rings. The van der Waals surface area contributed by atoms with Gasteiger partial charge in [-0.2, -0.15) is 8.42 Å². The molecule has 0 radical (unpaired) electrons. The Balaban J connectivity index is 2.45. The first-order valence-corrected chi connectivity index (χ1v) is 7.89. The minimum atomic E-state index is -4.67. The minimum Gasteiger partial charge on any atom is -0.311 e. The number of carbonyl (C=O) groups excluding carboxylic acids is 1. The Hall–Kier alpha value is -1.64. The third kappa shape index (κ3) is 3.72. The van der Waals surface area contributed by atoms with Crippen LogP contribution >= 0.6 is 11.6 Å². The summed E-state index contributed by atoms with van der Waals surface area (Å²) in [6.45, 7) is 2.10. The summed E-state index contributed by atoms with van der Waals surface area (Å²) >= 11 is 5.93. The Morgan fingerprint density at radius 2 is 2.24 bits per heavy atom. The third-order valence-electron chi connectivity index (χ3n) is 2.98. The van der Waals surface area contributed by atoms with E-state index in [0.29, 0.717) is 35.0 Å². The molecule has 0 aliphatic carbocycles. The highest BCUT2D eigenvalue weighted by atomic mass is 35.5. The first-order valence-electron chi connectivity index (χ1n) is 6.15. The molecular weight excluding hydrogens is 320 g/mol. The summed E-state index contributed by atoms with van der Waals surface area (Å²) in [5, 5.41) is 3.85. The lowest BCUT2D eigenvalue weighted by Crippen LogP contribution is -2.37. The molecule has 1 heterocycles. The van der Waals surface area contributed by atoms with Crippen molar-refractivity contribution in [3.05, 3.63) is 28.8 Å². The highest BCUT2D eigenvalue weighted by molar-refractivity contribution is 7.80. The fourth-order valence-corrected chi connectivity index (χ4v) is 2.44. The topological polar surface area (TPSA) is 96.3 Å². The molecule has 1 aromatic carbocycles. The van der Waals surface area contributed by atoms with Crippen LogP contribution in [-0.4, -0.2) is 31.1 Å². The van der Waals surface area contributed by atoms with Gasteiger partial charge in [0.25, 0.3) is 0 Å². The normalized spacial score (nSPS) is 16.7. The van der Waals surface area contributed by atoms with Crippen LogP contribution in [0.3, 0.4) is 0 Å². The molecular formula is C12H13ClN2O5S. The molecule has 1 amide bonds. The van der Waals surface area contributed by atoms with Crippen LogP contribution in [0.15, 0.2) is 23.4 Å². The standard InChI is InChI=1S/C12H13ClN2O5S/c1-2-12(16)15-6-5-10(14-20-21(17,18)19)9-7-8(13)3-4-11(9)15/h3-4,7H,2,5-6H2,1H3,(H,17,18,19)/b14-10+. The number of hydrogen-bond donors (Lipinski definition) is 1. The van der Waals surface area contributed by atoms with Gasteiger partial charge in [0, 0.05) is 30.0 Å². The van der Waals surface area contributed by atoms with Gasteiger partial charge in [0.2, 0.25) is 5.91 Å². The maximum atomic E-state index is 11.9. The molecule has 1 aromatic rings. The fraction of sp³-hybridized carbons (Fsp3) is 0.333. The van der Waals surface area contributed by atoms with Crippen molar-refractivity contribution in [1.82, 2.24) is 0 Å². The number of nitrogens with zero attached hydrogens (tertiary/aromatic N) is 2. The number of rotatable bonds is 3. The zero-order chi connectivity index (χ0) is 15.6. The largest absolute Gasteiger partial charge is 0.466 e. The SMILES string of the molecule is CCC(=O)N1CC/C(=N\OS(=O)(=O)O)c2cc(Cl)ccc21. The van der Waals surface area contributed by atoms with Crippen LogP contribution in [0.2, 0.25) is 5.02 Å². The van der Waals surface area contributed by atoms with Crippen molar-refractivity contribution >= 4 is 39.3 Å². The van der Waals surface area contributed by atoms with E-state index in [1.807, 2.05) is 0 Å². The second-order valence-electron chi connectivity index (χ2n) is 4.35. The van der Waals surface area contributed by atoms with Crippen molar-refractivity contribution in [3.8, 4) is 0 Å². The second-order valence-corrected chi connectivity index (χ2v) is 5.79. The summed E-state index contributed by atoms with van der Waals surface area (Å²) < 4.78 is 33.9. The number of amides is 1. The summed E-state index contributed by atoms with van der Waals surface area (Å²) in [4.78, 5) is 13.5. The molecule has 2 rings (SSSR count). The van der Waals surface area contributed by atoms with Crippen molar-refractivity contribution in [3.63, 3.8) is 0 Å². The van der Waals surface area contributed by atoms with Gasteiger partial charge in [0.1, 0.15) is 0 Å². The lowest BCUT2D eigenvalue weighted by molar-refractivity contribution is -0.118. The number of anilines is 1. The van der Waals surface area contributed by atoms with Crippen LogP contribution in [0.1, 0.15) is 25.3 Å². The number of halogens is 1. The number of carbonyl (C=O) groups is 1. The van der Waals surface area contributed by atoms with E-state index in [-0.39, 0.29) is 12.3 Å². The highest BCUT2D eigenvalue weighted by Crippen LogP contribution is 2.30. The zero-order valence-electron chi connectivity index (χ0n) is 11.1. The minimum absolute atomic E-state index is 0.0617. The average molecular weight is 333 g/mol. The lowest BCUT2D eigenvalue weighted by Gasteiger charge is -2.29. The lowest BCUT2D eigenvalue weighted by atomic mass is 9.99. The van der Waals surface area contributed by atoms with Crippen LogP contribution in [0, 0.1) is 0 Å². The van der Waals surface area contributed by atoms with Gasteiger partial charge in [-0.25, -0.2) is 4.28 Å². The quantitative estimate of drug-likeness (QED) is 0.674. The van der Waals surface area contributed by atoms with E-state index in [2.05, 4.69) is 9.44 Å². The summed E-state index contributed by atoms with van der Waals surface area (Å²) in [6, 6.07) is 4.86. The molecule has 0 spiro atoms. The van der Waals surface area contributed by atoms with E-state index in [1.54, 1.807) is 30.0 Å². The summed E-state index contributed by atoms with van der Waals surface area (Å²) in [5.74, 6) is -0.0617. The van der Waals surface area contributed by atoms with E-state index < -0.39 is 10.4 Å². The monoisotopic (exact) mass is 332 g/mol. The van der Waals surface area contributed by atoms with Crippen molar-refractivity contribution in [2.75, 3.05) is 11.4 Å². The maximum Gasteiger partial charge on any atom is 0.466 e. The van der Waals surface area contributed by atoms with Crippen molar-refractivity contribution < 1.29 is 22.0 Å². The van der Waals surface area contributed by atoms with E-state index in [0.717, 1.165) is 0 Å². The molecule has 1 aliphatic rings. The zero-order valence-corrected chi connectivity index (χ0v) is 12.7. The number of hydrogen-bond acceptors (Lipinski definition) is 5. The average Bonchev–Trinajstić information content (AvgIpc) is 2.42. The maximum absolute atomic E-state index is 11.9. The van der Waals surface area contributed by atoms with E-state index in [1.165, 1.54) is 0 Å². The summed E-state index contributed by atoms with van der Waals surface area (Å²) in [5.41, 5.74) is 1.37. The molecule has 0 saturated heterocycles. The molecule has 0 saturated carbocycles. The van der Waals surface area contributed by atoms with E-state index >= 15 is 0 Å². The van der Waals surface area contributed by atoms with Gasteiger partial charge in [0.15, 0.2) is 0 Å². The third-order valence-corrected chi connectivity index (χ3v) is 3.48. The summed E-state index contributed by atoms with van der Waals surface area (Å²) in [7, 11) is -4.67. The molecule has 114 valence electrons. The predicted molar refractivity (Wildman–Crippen MR) is 77.9 cm³/mol. The number of oxime groups is 1. The van der Waals surface area contributed by atoms with E-state index in [4.69, 9.17) is 16.2 Å². The Morgan fingerprint density at radius 1 is 1.52 bits per heavy atom. The fourth-order valence-electron chi connectivity index (χ4n) is 2.08. The second kappa shape index (κ2) is 6.00. The van der Waals surface area contributed by atoms with Gasteiger partial charge in [-0.15, -0.1) is 0 Å². The van der Waals surface area contributed by atoms with Crippen molar-refractivity contribution in [1.29, 1.82) is 0 Å². The van der Waals surface area contributed by atoms with Gasteiger partial charge in [-0.05, 0) is 18.2 Å². The van der Waals surface area contributed by atoms with Crippen LogP contribution in [0.25, 0.3) is 0 Å². The Bertz CT molecular complexity index is 702. The van der Waals surface area contributed by atoms with Gasteiger partial charge < -0.3 is 4.90 Å². The number of fused-ring (bicyclic) bond motifs is 1. The molecule has 9 heteroatoms. The Morgan fingerprint density at radius 3 is 2.86 bits per heavy atom. The predicted octanol–water partition coefficient (Wildman–Crippen LogP) is 2.01. The van der Waals surface area contributed by atoms with Gasteiger partial charge >= 0.3 is 10.4 Å². The molecule has 0 atom stereocenters. The number of benzene rings is 1. The van der Waals surface area contributed by atoms with Gasteiger partial charge in [-0.3, -0.25) is 9.35 Å². The summed E-state index contributed by atoms with van der Waals surface area (Å²) in [6.07, 6.45) is 0.630. The highest BCUT2D eigenvalue weighted by Gasteiger charge is 2.26. The van der Waals surface area contributed by atoms with Crippen molar-refractivity contribution in [2.24, 2.45) is 5.16 Å². The van der Waals surface area contributed by atoms with Gasteiger partial charge in [-0.1, -0.05) is 23.7 Å². The first kappa shape index (κ1) is 15.7. The molecule has 1 N–H and O–H groups in total.